The molecule has 5 heteroatoms. The number of hydrogen-bond acceptors (Lipinski definition) is 4. The maximum atomic E-state index is 11.7. The van der Waals surface area contributed by atoms with Crippen LogP contribution in [0.2, 0.25) is 0 Å². The fourth-order valence-electron chi connectivity index (χ4n) is 2.35. The van der Waals surface area contributed by atoms with Crippen LogP contribution in [0.25, 0.3) is 0 Å². The first-order valence-corrected chi connectivity index (χ1v) is 7.26. The van der Waals surface area contributed by atoms with E-state index < -0.39 is 0 Å². The van der Waals surface area contributed by atoms with Gasteiger partial charge in [0.05, 0.1) is 6.61 Å². The Kier molecular flexibility index (Phi) is 5.83. The Labute approximate surface area is 119 Å². The summed E-state index contributed by atoms with van der Waals surface area (Å²) in [4.78, 5) is 11.7. The lowest BCUT2D eigenvalue weighted by Crippen LogP contribution is -2.39. The Morgan fingerprint density at radius 3 is 2.75 bits per heavy atom. The van der Waals surface area contributed by atoms with Crippen LogP contribution in [0.15, 0.2) is 24.3 Å². The van der Waals surface area contributed by atoms with Gasteiger partial charge in [-0.25, -0.2) is 0 Å². The number of hydrogen-bond donors (Lipinski definition) is 4. The van der Waals surface area contributed by atoms with Crippen molar-refractivity contribution in [2.24, 2.45) is 0 Å². The molecule has 1 aliphatic rings. The molecule has 1 unspecified atom stereocenters. The highest BCUT2D eigenvalue weighted by Gasteiger charge is 2.11. The molecule has 2 rings (SSSR count). The molecule has 1 atom stereocenters. The molecule has 0 bridgehead atoms. The Bertz CT molecular complexity index is 414. The molecule has 4 N–H and O–H groups in total. The first kappa shape index (κ1) is 14.8. The molecule has 1 fully saturated rings. The number of carbonyl (C=O) groups is 1. The van der Waals surface area contributed by atoms with E-state index in [4.69, 9.17) is 5.11 Å². The molecule has 0 saturated carbocycles. The molecule has 1 heterocycles. The number of benzene rings is 1. The van der Waals surface area contributed by atoms with Crippen molar-refractivity contribution in [3.8, 4) is 0 Å². The van der Waals surface area contributed by atoms with E-state index in [1.807, 2.05) is 12.1 Å². The fourth-order valence-corrected chi connectivity index (χ4v) is 2.35. The summed E-state index contributed by atoms with van der Waals surface area (Å²) in [6.45, 7) is 2.26. The lowest BCUT2D eigenvalue weighted by Gasteiger charge is -2.24. The predicted octanol–water partition coefficient (Wildman–Crippen LogP) is 0.963. The summed E-state index contributed by atoms with van der Waals surface area (Å²) in [5.74, 6) is -0.153. The number of rotatable bonds is 6. The topological polar surface area (TPSA) is 73.4 Å². The minimum absolute atomic E-state index is 0.0419. The first-order valence-electron chi connectivity index (χ1n) is 7.26. The molecule has 0 aromatic heterocycles. The maximum absolute atomic E-state index is 11.7. The number of piperidine rings is 1. The van der Waals surface area contributed by atoms with Gasteiger partial charge >= 0.3 is 0 Å². The van der Waals surface area contributed by atoms with Crippen molar-refractivity contribution >= 4 is 11.6 Å². The zero-order chi connectivity index (χ0) is 14.2. The zero-order valence-electron chi connectivity index (χ0n) is 11.7. The highest BCUT2D eigenvalue weighted by atomic mass is 16.3. The van der Waals surface area contributed by atoms with E-state index >= 15 is 0 Å². The molecule has 1 saturated heterocycles. The Balaban J connectivity index is 1.80. The largest absolute Gasteiger partial charge is 0.395 e. The molecule has 5 nitrogen and oxygen atoms in total. The molecule has 0 spiro atoms. The molecular weight excluding hydrogens is 254 g/mol. The minimum atomic E-state index is -0.153. The monoisotopic (exact) mass is 277 g/mol. The Hall–Kier alpha value is -1.59. The van der Waals surface area contributed by atoms with Gasteiger partial charge in [0, 0.05) is 30.4 Å². The van der Waals surface area contributed by atoms with Gasteiger partial charge in [-0.05, 0) is 43.7 Å². The molecule has 0 radical (unpaired) electrons. The SMILES string of the molecule is O=C(NCCO)c1ccc(NCC2CCCCN2)cc1. The summed E-state index contributed by atoms with van der Waals surface area (Å²) < 4.78 is 0. The molecule has 1 amide bonds. The van der Waals surface area contributed by atoms with Gasteiger partial charge in [-0.2, -0.15) is 0 Å². The molecule has 1 aromatic carbocycles. The molecule has 20 heavy (non-hydrogen) atoms. The van der Waals surface area contributed by atoms with Crippen molar-refractivity contribution < 1.29 is 9.90 Å². The summed E-state index contributed by atoms with van der Waals surface area (Å²) in [6, 6.07) is 7.95. The third-order valence-electron chi connectivity index (χ3n) is 3.51. The number of carbonyl (C=O) groups excluding carboxylic acids is 1. The number of amides is 1. The van der Waals surface area contributed by atoms with Gasteiger partial charge in [0.15, 0.2) is 0 Å². The lowest BCUT2D eigenvalue weighted by atomic mass is 10.1. The van der Waals surface area contributed by atoms with Crippen molar-refractivity contribution in [3.05, 3.63) is 29.8 Å². The standard InChI is InChI=1S/C15H23N3O2/c19-10-9-17-15(20)12-4-6-13(7-5-12)18-11-14-3-1-2-8-16-14/h4-7,14,16,18-19H,1-3,8-11H2,(H,17,20). The quantitative estimate of drug-likeness (QED) is 0.625. The van der Waals surface area contributed by atoms with Crippen LogP contribution < -0.4 is 16.0 Å². The first-order chi connectivity index (χ1) is 9.79. The summed E-state index contributed by atoms with van der Waals surface area (Å²) in [7, 11) is 0. The second kappa shape index (κ2) is 7.87. The average molecular weight is 277 g/mol. The second-order valence-corrected chi connectivity index (χ2v) is 5.08. The van der Waals surface area contributed by atoms with E-state index in [0.29, 0.717) is 11.6 Å². The van der Waals surface area contributed by atoms with Crippen LogP contribution in [0.4, 0.5) is 5.69 Å². The van der Waals surface area contributed by atoms with Crippen molar-refractivity contribution in [2.45, 2.75) is 25.3 Å². The van der Waals surface area contributed by atoms with Crippen LogP contribution in [0, 0.1) is 0 Å². The van der Waals surface area contributed by atoms with Gasteiger partial charge in [0.25, 0.3) is 5.91 Å². The van der Waals surface area contributed by atoms with Gasteiger partial charge in [-0.3, -0.25) is 4.79 Å². The summed E-state index contributed by atoms with van der Waals surface area (Å²) in [5.41, 5.74) is 1.64. The fraction of sp³-hybridized carbons (Fsp3) is 0.533. The van der Waals surface area contributed by atoms with Crippen molar-refractivity contribution in [1.29, 1.82) is 0 Å². The highest BCUT2D eigenvalue weighted by molar-refractivity contribution is 5.94. The molecular formula is C15H23N3O2. The summed E-state index contributed by atoms with van der Waals surface area (Å²) in [6.07, 6.45) is 3.78. The Morgan fingerprint density at radius 1 is 1.30 bits per heavy atom. The van der Waals surface area contributed by atoms with Crippen molar-refractivity contribution in [2.75, 3.05) is 31.6 Å². The molecule has 0 aliphatic carbocycles. The third kappa shape index (κ3) is 4.51. The number of anilines is 1. The van der Waals surface area contributed by atoms with Crippen LogP contribution in [0.3, 0.4) is 0 Å². The average Bonchev–Trinajstić information content (AvgIpc) is 2.52. The summed E-state index contributed by atoms with van der Waals surface area (Å²) in [5, 5.41) is 18.2. The van der Waals surface area contributed by atoms with Crippen molar-refractivity contribution in [3.63, 3.8) is 0 Å². The van der Waals surface area contributed by atoms with Gasteiger partial charge in [0.1, 0.15) is 0 Å². The number of aliphatic hydroxyl groups is 1. The van der Waals surface area contributed by atoms with Gasteiger partial charge in [-0.15, -0.1) is 0 Å². The van der Waals surface area contributed by atoms with E-state index in [9.17, 15) is 4.79 Å². The minimum Gasteiger partial charge on any atom is -0.395 e. The van der Waals surface area contributed by atoms with Gasteiger partial charge in [0.2, 0.25) is 0 Å². The van der Waals surface area contributed by atoms with Crippen LogP contribution in [0.5, 0.6) is 0 Å². The van der Waals surface area contributed by atoms with E-state index in [0.717, 1.165) is 18.8 Å². The van der Waals surface area contributed by atoms with Crippen LogP contribution >= 0.6 is 0 Å². The van der Waals surface area contributed by atoms with E-state index in [2.05, 4.69) is 16.0 Å². The number of aliphatic hydroxyl groups excluding tert-OH is 1. The van der Waals surface area contributed by atoms with E-state index in [-0.39, 0.29) is 19.1 Å². The number of nitrogens with one attached hydrogen (secondary N) is 3. The maximum Gasteiger partial charge on any atom is 0.251 e. The molecule has 1 aromatic rings. The van der Waals surface area contributed by atoms with Crippen LogP contribution in [-0.2, 0) is 0 Å². The van der Waals surface area contributed by atoms with Crippen molar-refractivity contribution in [1.82, 2.24) is 10.6 Å². The molecule has 110 valence electrons. The third-order valence-corrected chi connectivity index (χ3v) is 3.51. The Morgan fingerprint density at radius 2 is 2.10 bits per heavy atom. The second-order valence-electron chi connectivity index (χ2n) is 5.08. The lowest BCUT2D eigenvalue weighted by molar-refractivity contribution is 0.0945. The smallest absolute Gasteiger partial charge is 0.251 e. The van der Waals surface area contributed by atoms with E-state index in [1.54, 1.807) is 12.1 Å². The van der Waals surface area contributed by atoms with Crippen LogP contribution in [-0.4, -0.2) is 43.3 Å². The van der Waals surface area contributed by atoms with E-state index in [1.165, 1.54) is 19.3 Å². The highest BCUT2D eigenvalue weighted by Crippen LogP contribution is 2.12. The summed E-state index contributed by atoms with van der Waals surface area (Å²) >= 11 is 0. The molecule has 1 aliphatic heterocycles. The van der Waals surface area contributed by atoms with Gasteiger partial charge < -0.3 is 21.1 Å². The van der Waals surface area contributed by atoms with Gasteiger partial charge in [-0.1, -0.05) is 6.42 Å². The van der Waals surface area contributed by atoms with Crippen LogP contribution in [0.1, 0.15) is 29.6 Å². The zero-order valence-corrected chi connectivity index (χ0v) is 11.7. The predicted molar refractivity (Wildman–Crippen MR) is 80.0 cm³/mol. The normalized spacial score (nSPS) is 18.6.